The highest BCUT2D eigenvalue weighted by Crippen LogP contribution is 1.99. The number of carboxylic acid groups (broad SMARTS) is 2. The largest absolute Gasteiger partial charge is 0.481 e. The Hall–Kier alpha value is -2.32. The van der Waals surface area contributed by atoms with Gasteiger partial charge in [0.05, 0.1) is 6.42 Å². The first-order valence-electron chi connectivity index (χ1n) is 6.06. The number of urea groups is 1. The van der Waals surface area contributed by atoms with Gasteiger partial charge in [0.15, 0.2) is 0 Å². The second kappa shape index (κ2) is 8.73. The predicted molar refractivity (Wildman–Crippen MR) is 67.9 cm³/mol. The van der Waals surface area contributed by atoms with Gasteiger partial charge >= 0.3 is 18.0 Å². The van der Waals surface area contributed by atoms with E-state index in [2.05, 4.69) is 5.32 Å². The third-order valence-corrected chi connectivity index (χ3v) is 2.39. The van der Waals surface area contributed by atoms with Gasteiger partial charge in [-0.2, -0.15) is 0 Å². The van der Waals surface area contributed by atoms with Crippen LogP contribution in [0.1, 0.15) is 26.2 Å². The molecule has 0 radical (unpaired) electrons. The molecule has 0 fully saturated rings. The minimum absolute atomic E-state index is 0.227. The molecule has 9 nitrogen and oxygen atoms in total. The SMILES string of the molecule is CCCCN(CC(N)=O)C(=O)N[C@@H](CC(=O)O)C(=O)O. The first kappa shape index (κ1) is 17.7. The van der Waals surface area contributed by atoms with E-state index < -0.39 is 36.3 Å². The molecule has 0 bridgehead atoms. The number of nitrogens with two attached hydrogens (primary N) is 1. The first-order valence-corrected chi connectivity index (χ1v) is 6.06. The molecule has 0 aromatic rings. The molecular weight excluding hydrogens is 270 g/mol. The Kier molecular flexibility index (Phi) is 7.71. The number of amides is 3. The van der Waals surface area contributed by atoms with Gasteiger partial charge in [0.25, 0.3) is 0 Å². The number of rotatable bonds is 9. The highest BCUT2D eigenvalue weighted by molar-refractivity contribution is 5.88. The van der Waals surface area contributed by atoms with Crippen molar-refractivity contribution in [2.24, 2.45) is 5.73 Å². The fraction of sp³-hybridized carbons (Fsp3) is 0.636. The van der Waals surface area contributed by atoms with Crippen molar-refractivity contribution in [3.63, 3.8) is 0 Å². The van der Waals surface area contributed by atoms with Gasteiger partial charge in [-0.15, -0.1) is 0 Å². The number of carboxylic acids is 2. The first-order chi connectivity index (χ1) is 9.27. The summed E-state index contributed by atoms with van der Waals surface area (Å²) in [4.78, 5) is 45.1. The van der Waals surface area contributed by atoms with Crippen molar-refractivity contribution in [1.82, 2.24) is 10.2 Å². The zero-order valence-electron chi connectivity index (χ0n) is 11.2. The summed E-state index contributed by atoms with van der Waals surface area (Å²) in [5, 5.41) is 19.5. The van der Waals surface area contributed by atoms with Crippen molar-refractivity contribution in [1.29, 1.82) is 0 Å². The van der Waals surface area contributed by atoms with Crippen molar-refractivity contribution in [2.75, 3.05) is 13.1 Å². The summed E-state index contributed by atoms with van der Waals surface area (Å²) in [5.41, 5.74) is 5.00. The van der Waals surface area contributed by atoms with E-state index >= 15 is 0 Å². The van der Waals surface area contributed by atoms with Crippen LogP contribution in [-0.2, 0) is 14.4 Å². The van der Waals surface area contributed by atoms with E-state index in [-0.39, 0.29) is 13.1 Å². The molecule has 0 spiro atoms. The molecule has 0 saturated carbocycles. The Labute approximate surface area is 115 Å². The van der Waals surface area contributed by atoms with Gasteiger partial charge in [0.1, 0.15) is 12.6 Å². The molecule has 0 aromatic carbocycles. The lowest BCUT2D eigenvalue weighted by Gasteiger charge is -2.23. The highest BCUT2D eigenvalue weighted by Gasteiger charge is 2.25. The van der Waals surface area contributed by atoms with Crippen LogP contribution in [0.3, 0.4) is 0 Å². The maximum Gasteiger partial charge on any atom is 0.326 e. The van der Waals surface area contributed by atoms with E-state index in [9.17, 15) is 19.2 Å². The second-order valence-electron chi connectivity index (χ2n) is 4.18. The highest BCUT2D eigenvalue weighted by atomic mass is 16.4. The molecule has 20 heavy (non-hydrogen) atoms. The monoisotopic (exact) mass is 289 g/mol. The van der Waals surface area contributed by atoms with Gasteiger partial charge < -0.3 is 26.2 Å². The van der Waals surface area contributed by atoms with Crippen molar-refractivity contribution in [3.8, 4) is 0 Å². The molecule has 9 heteroatoms. The lowest BCUT2D eigenvalue weighted by Crippen LogP contribution is -2.51. The maximum atomic E-state index is 11.8. The van der Waals surface area contributed by atoms with E-state index in [1.807, 2.05) is 6.92 Å². The molecule has 3 amide bonds. The maximum absolute atomic E-state index is 11.8. The third kappa shape index (κ3) is 7.19. The van der Waals surface area contributed by atoms with E-state index in [0.29, 0.717) is 6.42 Å². The van der Waals surface area contributed by atoms with Crippen LogP contribution >= 0.6 is 0 Å². The minimum Gasteiger partial charge on any atom is -0.481 e. The lowest BCUT2D eigenvalue weighted by molar-refractivity contribution is -0.145. The van der Waals surface area contributed by atoms with Crippen molar-refractivity contribution in [3.05, 3.63) is 0 Å². The summed E-state index contributed by atoms with van der Waals surface area (Å²) >= 11 is 0. The summed E-state index contributed by atoms with van der Waals surface area (Å²) in [7, 11) is 0. The van der Waals surface area contributed by atoms with Crippen LogP contribution in [0.25, 0.3) is 0 Å². The summed E-state index contributed by atoms with van der Waals surface area (Å²) in [6, 6.07) is -2.39. The smallest absolute Gasteiger partial charge is 0.326 e. The summed E-state index contributed by atoms with van der Waals surface area (Å²) in [6.07, 6.45) is 0.622. The molecule has 114 valence electrons. The van der Waals surface area contributed by atoms with Crippen LogP contribution in [0, 0.1) is 0 Å². The fourth-order valence-electron chi connectivity index (χ4n) is 1.40. The Balaban J connectivity index is 4.72. The zero-order chi connectivity index (χ0) is 15.7. The number of hydrogen-bond donors (Lipinski definition) is 4. The number of nitrogens with one attached hydrogen (secondary N) is 1. The summed E-state index contributed by atoms with van der Waals surface area (Å²) < 4.78 is 0. The van der Waals surface area contributed by atoms with E-state index in [0.717, 1.165) is 11.3 Å². The number of nitrogens with zero attached hydrogens (tertiary/aromatic N) is 1. The molecule has 0 heterocycles. The fourth-order valence-corrected chi connectivity index (χ4v) is 1.40. The zero-order valence-corrected chi connectivity index (χ0v) is 11.2. The van der Waals surface area contributed by atoms with Gasteiger partial charge in [-0.1, -0.05) is 13.3 Å². The number of aliphatic carboxylic acids is 2. The standard InChI is InChI=1S/C11H19N3O6/c1-2-3-4-14(6-8(12)15)11(20)13-7(10(18)19)5-9(16)17/h7H,2-6H2,1H3,(H2,12,15)(H,13,20)(H,16,17)(H,18,19)/t7-/m0/s1. The molecule has 0 saturated heterocycles. The van der Waals surface area contributed by atoms with Crippen molar-refractivity contribution >= 4 is 23.9 Å². The van der Waals surface area contributed by atoms with Crippen molar-refractivity contribution < 1.29 is 29.4 Å². The lowest BCUT2D eigenvalue weighted by atomic mass is 10.2. The van der Waals surface area contributed by atoms with Crippen LogP contribution in [-0.4, -0.2) is 58.1 Å². The number of unbranched alkanes of at least 4 members (excludes halogenated alkanes) is 1. The van der Waals surface area contributed by atoms with Gasteiger partial charge in [-0.25, -0.2) is 9.59 Å². The van der Waals surface area contributed by atoms with Crippen LogP contribution in [0.4, 0.5) is 4.79 Å². The number of hydrogen-bond acceptors (Lipinski definition) is 4. The Morgan fingerprint density at radius 2 is 1.85 bits per heavy atom. The molecule has 5 N–H and O–H groups in total. The average Bonchev–Trinajstić information content (AvgIpc) is 2.32. The second-order valence-corrected chi connectivity index (χ2v) is 4.18. The van der Waals surface area contributed by atoms with Crippen molar-refractivity contribution in [2.45, 2.75) is 32.2 Å². The van der Waals surface area contributed by atoms with Gasteiger partial charge in [0, 0.05) is 6.54 Å². The topological polar surface area (TPSA) is 150 Å². The molecule has 0 aliphatic heterocycles. The summed E-state index contributed by atoms with van der Waals surface area (Å²) in [6.45, 7) is 1.75. The van der Waals surface area contributed by atoms with Gasteiger partial charge in [-0.05, 0) is 6.42 Å². The molecular formula is C11H19N3O6. The molecule has 0 unspecified atom stereocenters. The summed E-state index contributed by atoms with van der Waals surface area (Å²) in [5.74, 6) is -3.55. The molecule has 0 aliphatic rings. The molecule has 0 aliphatic carbocycles. The number of carbonyl (C=O) groups excluding carboxylic acids is 2. The van der Waals surface area contributed by atoms with Gasteiger partial charge in [0.2, 0.25) is 5.91 Å². The normalized spacial score (nSPS) is 11.4. The Morgan fingerprint density at radius 3 is 2.25 bits per heavy atom. The predicted octanol–water partition coefficient (Wildman–Crippen LogP) is -0.789. The quantitative estimate of drug-likeness (QED) is 0.437. The van der Waals surface area contributed by atoms with Crippen LogP contribution in [0.2, 0.25) is 0 Å². The molecule has 0 rings (SSSR count). The third-order valence-electron chi connectivity index (χ3n) is 2.39. The van der Waals surface area contributed by atoms with Crippen LogP contribution in [0.5, 0.6) is 0 Å². The van der Waals surface area contributed by atoms with E-state index in [4.69, 9.17) is 15.9 Å². The Morgan fingerprint density at radius 1 is 1.25 bits per heavy atom. The minimum atomic E-state index is -1.56. The number of carbonyl (C=O) groups is 4. The van der Waals surface area contributed by atoms with Crippen LogP contribution < -0.4 is 11.1 Å². The van der Waals surface area contributed by atoms with E-state index in [1.54, 1.807) is 0 Å². The molecule has 0 aromatic heterocycles. The number of primary amides is 1. The Bertz CT molecular complexity index is 384. The molecule has 1 atom stereocenters. The van der Waals surface area contributed by atoms with E-state index in [1.165, 1.54) is 0 Å². The average molecular weight is 289 g/mol. The van der Waals surface area contributed by atoms with Crippen LogP contribution in [0.15, 0.2) is 0 Å². The van der Waals surface area contributed by atoms with Gasteiger partial charge in [-0.3, -0.25) is 9.59 Å².